The van der Waals surface area contributed by atoms with E-state index in [9.17, 15) is 18.0 Å². The van der Waals surface area contributed by atoms with E-state index in [0.717, 1.165) is 10.6 Å². The number of nitrogens with one attached hydrogen (secondary N) is 1. The molecule has 31 heavy (non-hydrogen) atoms. The SMILES string of the molecule is CN(C)S(=O)(=O)N1CCc2nc(NC(=O)C3CC(=O)N(c4ccc(Cl)cc4)C3)sc2C1. The molecule has 1 aromatic carbocycles. The summed E-state index contributed by atoms with van der Waals surface area (Å²) in [5, 5.41) is 3.81. The number of rotatable bonds is 5. The third kappa shape index (κ3) is 4.46. The van der Waals surface area contributed by atoms with Gasteiger partial charge in [-0.3, -0.25) is 9.59 Å². The molecule has 4 rings (SSSR count). The number of aromatic nitrogens is 1. The zero-order valence-electron chi connectivity index (χ0n) is 17.0. The number of nitrogens with zero attached hydrogens (tertiary/aromatic N) is 4. The van der Waals surface area contributed by atoms with Crippen LogP contribution in [0.15, 0.2) is 24.3 Å². The number of hydrogen-bond acceptors (Lipinski definition) is 6. The first-order valence-corrected chi connectivity index (χ1v) is 12.3. The zero-order chi connectivity index (χ0) is 22.3. The van der Waals surface area contributed by atoms with E-state index < -0.39 is 16.1 Å². The van der Waals surface area contributed by atoms with Crippen LogP contribution >= 0.6 is 22.9 Å². The molecule has 12 heteroatoms. The van der Waals surface area contributed by atoms with E-state index in [2.05, 4.69) is 10.3 Å². The molecule has 3 heterocycles. The molecule has 2 aliphatic heterocycles. The van der Waals surface area contributed by atoms with Gasteiger partial charge in [-0.25, -0.2) is 4.98 Å². The molecule has 1 atom stereocenters. The van der Waals surface area contributed by atoms with Crippen LogP contribution in [0.25, 0.3) is 0 Å². The van der Waals surface area contributed by atoms with Crippen LogP contribution in [0.2, 0.25) is 5.02 Å². The minimum absolute atomic E-state index is 0.119. The standard InChI is InChI=1S/C19H22ClN5O4S2/c1-23(2)31(28,29)24-8-7-15-16(11-24)30-19(21-15)22-18(27)12-9-17(26)25(10-12)14-5-3-13(20)4-6-14/h3-6,12H,7-11H2,1-2H3,(H,21,22,27). The van der Waals surface area contributed by atoms with Gasteiger partial charge in [-0.2, -0.15) is 17.0 Å². The Hall–Kier alpha value is -2.05. The maximum Gasteiger partial charge on any atom is 0.281 e. The fourth-order valence-corrected chi connectivity index (χ4v) is 5.93. The van der Waals surface area contributed by atoms with Crippen LogP contribution < -0.4 is 10.2 Å². The first-order valence-electron chi connectivity index (χ1n) is 9.68. The number of hydrogen-bond donors (Lipinski definition) is 1. The first-order chi connectivity index (χ1) is 14.6. The van der Waals surface area contributed by atoms with Crippen molar-refractivity contribution in [3.63, 3.8) is 0 Å². The van der Waals surface area contributed by atoms with Crippen LogP contribution in [0.3, 0.4) is 0 Å². The number of carbonyl (C=O) groups is 2. The van der Waals surface area contributed by atoms with Crippen molar-refractivity contribution in [2.45, 2.75) is 19.4 Å². The van der Waals surface area contributed by atoms with Gasteiger partial charge in [0.05, 0.1) is 18.2 Å². The van der Waals surface area contributed by atoms with Gasteiger partial charge in [0.15, 0.2) is 5.13 Å². The van der Waals surface area contributed by atoms with E-state index in [1.165, 1.54) is 34.0 Å². The molecule has 1 N–H and O–H groups in total. The second-order valence-electron chi connectivity index (χ2n) is 7.63. The number of anilines is 2. The van der Waals surface area contributed by atoms with Crippen LogP contribution in [0, 0.1) is 5.92 Å². The number of benzene rings is 1. The quantitative estimate of drug-likeness (QED) is 0.700. The third-order valence-corrected chi connectivity index (χ3v) is 8.49. The first kappa shape index (κ1) is 22.2. The molecule has 0 bridgehead atoms. The largest absolute Gasteiger partial charge is 0.312 e. The lowest BCUT2D eigenvalue weighted by atomic mass is 10.1. The average Bonchev–Trinajstić information content (AvgIpc) is 3.30. The summed E-state index contributed by atoms with van der Waals surface area (Å²) in [6.45, 7) is 0.861. The second kappa shape index (κ2) is 8.47. The van der Waals surface area contributed by atoms with Gasteiger partial charge in [0, 0.05) is 55.6 Å². The Bertz CT molecular complexity index is 1120. The van der Waals surface area contributed by atoms with E-state index in [0.29, 0.717) is 28.8 Å². The molecule has 1 aromatic heterocycles. The topological polar surface area (TPSA) is 103 Å². The van der Waals surface area contributed by atoms with E-state index in [1.807, 2.05) is 0 Å². The van der Waals surface area contributed by atoms with Crippen molar-refractivity contribution < 1.29 is 18.0 Å². The molecular weight excluding hydrogens is 462 g/mol. The summed E-state index contributed by atoms with van der Waals surface area (Å²) >= 11 is 7.18. The van der Waals surface area contributed by atoms with Crippen molar-refractivity contribution in [1.82, 2.24) is 13.6 Å². The minimum atomic E-state index is -3.50. The van der Waals surface area contributed by atoms with Gasteiger partial charge < -0.3 is 10.2 Å². The minimum Gasteiger partial charge on any atom is -0.312 e. The van der Waals surface area contributed by atoms with Gasteiger partial charge in [0.25, 0.3) is 10.2 Å². The van der Waals surface area contributed by atoms with Crippen molar-refractivity contribution in [3.05, 3.63) is 39.9 Å². The average molecular weight is 484 g/mol. The van der Waals surface area contributed by atoms with Crippen molar-refractivity contribution in [3.8, 4) is 0 Å². The zero-order valence-corrected chi connectivity index (χ0v) is 19.4. The van der Waals surface area contributed by atoms with Gasteiger partial charge >= 0.3 is 0 Å². The fourth-order valence-electron chi connectivity index (χ4n) is 3.61. The molecule has 0 aliphatic carbocycles. The molecule has 1 fully saturated rings. The molecular formula is C19H22ClN5O4S2. The molecule has 2 amide bonds. The highest BCUT2D eigenvalue weighted by molar-refractivity contribution is 7.86. The Labute approximate surface area is 189 Å². The molecule has 0 spiro atoms. The Morgan fingerprint density at radius 1 is 1.29 bits per heavy atom. The van der Waals surface area contributed by atoms with Crippen molar-refractivity contribution in [1.29, 1.82) is 0 Å². The van der Waals surface area contributed by atoms with Gasteiger partial charge in [-0.15, -0.1) is 11.3 Å². The fraction of sp³-hybridized carbons (Fsp3) is 0.421. The van der Waals surface area contributed by atoms with Crippen LogP contribution in [0.5, 0.6) is 0 Å². The number of carbonyl (C=O) groups excluding carboxylic acids is 2. The summed E-state index contributed by atoms with van der Waals surface area (Å²) in [6.07, 6.45) is 0.607. The molecule has 1 saturated heterocycles. The van der Waals surface area contributed by atoms with Crippen LogP contribution in [0.4, 0.5) is 10.8 Å². The Balaban J connectivity index is 1.42. The van der Waals surface area contributed by atoms with E-state index >= 15 is 0 Å². The van der Waals surface area contributed by atoms with Gasteiger partial charge in [-0.1, -0.05) is 11.6 Å². The summed E-state index contributed by atoms with van der Waals surface area (Å²) in [5.41, 5.74) is 1.51. The lowest BCUT2D eigenvalue weighted by Crippen LogP contribution is -2.42. The second-order valence-corrected chi connectivity index (χ2v) is 11.3. The Morgan fingerprint density at radius 3 is 2.68 bits per heavy atom. The van der Waals surface area contributed by atoms with Gasteiger partial charge in [0.2, 0.25) is 11.8 Å². The molecule has 0 saturated carbocycles. The lowest BCUT2D eigenvalue weighted by Gasteiger charge is -2.27. The van der Waals surface area contributed by atoms with E-state index in [4.69, 9.17) is 11.6 Å². The maximum atomic E-state index is 12.8. The lowest BCUT2D eigenvalue weighted by molar-refractivity contribution is -0.122. The molecule has 2 aliphatic rings. The maximum absolute atomic E-state index is 12.8. The van der Waals surface area contributed by atoms with Gasteiger partial charge in [-0.05, 0) is 24.3 Å². The summed E-state index contributed by atoms with van der Waals surface area (Å²) in [5.74, 6) is -0.881. The van der Waals surface area contributed by atoms with Crippen molar-refractivity contribution in [2.24, 2.45) is 5.92 Å². The van der Waals surface area contributed by atoms with Crippen molar-refractivity contribution >= 4 is 55.8 Å². The van der Waals surface area contributed by atoms with E-state index in [-0.39, 0.29) is 31.3 Å². The smallest absolute Gasteiger partial charge is 0.281 e. The highest BCUT2D eigenvalue weighted by atomic mass is 35.5. The molecule has 0 radical (unpaired) electrons. The third-order valence-electron chi connectivity index (χ3n) is 5.35. The number of thiazole rings is 1. The highest BCUT2D eigenvalue weighted by Crippen LogP contribution is 2.31. The normalized spacial score (nSPS) is 19.7. The summed E-state index contributed by atoms with van der Waals surface area (Å²) in [4.78, 5) is 32.0. The summed E-state index contributed by atoms with van der Waals surface area (Å²) in [6, 6.07) is 6.92. The molecule has 1 unspecified atom stereocenters. The number of fused-ring (bicyclic) bond motifs is 1. The van der Waals surface area contributed by atoms with Gasteiger partial charge in [0.1, 0.15) is 0 Å². The van der Waals surface area contributed by atoms with Crippen LogP contribution in [-0.4, -0.2) is 61.0 Å². The predicted molar refractivity (Wildman–Crippen MR) is 119 cm³/mol. The monoisotopic (exact) mass is 483 g/mol. The molecule has 166 valence electrons. The summed E-state index contributed by atoms with van der Waals surface area (Å²) < 4.78 is 27.3. The highest BCUT2D eigenvalue weighted by Gasteiger charge is 2.36. The van der Waals surface area contributed by atoms with Crippen LogP contribution in [-0.2, 0) is 32.8 Å². The summed E-state index contributed by atoms with van der Waals surface area (Å²) in [7, 11) is -0.505. The van der Waals surface area contributed by atoms with Crippen LogP contribution in [0.1, 0.15) is 17.0 Å². The Morgan fingerprint density at radius 2 is 2.00 bits per heavy atom. The molecule has 2 aromatic rings. The number of amides is 2. The van der Waals surface area contributed by atoms with E-state index in [1.54, 1.807) is 29.2 Å². The number of halogens is 1. The van der Waals surface area contributed by atoms with Crippen molar-refractivity contribution in [2.75, 3.05) is 37.4 Å². The Kier molecular flexibility index (Phi) is 6.05. The molecule has 9 nitrogen and oxygen atoms in total. The predicted octanol–water partition coefficient (Wildman–Crippen LogP) is 1.95.